The molecular formula is C44H46N10O4. The van der Waals surface area contributed by atoms with Gasteiger partial charge in [-0.25, -0.2) is 14.6 Å². The van der Waals surface area contributed by atoms with Crippen LogP contribution >= 0.6 is 0 Å². The molecule has 1 unspecified atom stereocenters. The average molecular weight is 779 g/mol. The maximum absolute atomic E-state index is 13.3. The Bertz CT molecular complexity index is 2410. The molecule has 0 aliphatic carbocycles. The van der Waals surface area contributed by atoms with Crippen LogP contribution in [-0.4, -0.2) is 115 Å². The lowest BCUT2D eigenvalue weighted by Gasteiger charge is -2.50. The number of benzene rings is 3. The Kier molecular flexibility index (Phi) is 9.24. The van der Waals surface area contributed by atoms with Gasteiger partial charge in [0.05, 0.1) is 22.6 Å². The van der Waals surface area contributed by atoms with Gasteiger partial charge in [0.15, 0.2) is 5.65 Å². The molecule has 0 spiro atoms. The normalized spacial score (nSPS) is 21.5. The van der Waals surface area contributed by atoms with Crippen LogP contribution in [-0.2, 0) is 16.0 Å². The summed E-state index contributed by atoms with van der Waals surface area (Å²) in [6, 6.07) is 24.7. The summed E-state index contributed by atoms with van der Waals surface area (Å²) in [6.45, 7) is 5.85. The number of hydrogen-bond donors (Lipinski definition) is 2. The van der Waals surface area contributed by atoms with E-state index in [2.05, 4.69) is 83.2 Å². The van der Waals surface area contributed by atoms with Crippen LogP contribution in [0.4, 0.5) is 11.5 Å². The zero-order valence-electron chi connectivity index (χ0n) is 32.3. The topological polar surface area (TPSA) is 163 Å². The summed E-state index contributed by atoms with van der Waals surface area (Å²) < 4.78 is 2.10. The van der Waals surface area contributed by atoms with Gasteiger partial charge in [-0.05, 0) is 67.9 Å². The van der Waals surface area contributed by atoms with Crippen LogP contribution in [0.5, 0.6) is 0 Å². The highest BCUT2D eigenvalue weighted by Gasteiger charge is 2.45. The van der Waals surface area contributed by atoms with E-state index in [9.17, 15) is 19.2 Å². The molecule has 5 aliphatic rings. The molecule has 14 nitrogen and oxygen atoms in total. The van der Waals surface area contributed by atoms with Crippen LogP contribution in [0.2, 0.25) is 0 Å². The molecule has 3 N–H and O–H groups in total. The maximum Gasteiger partial charge on any atom is 0.262 e. The van der Waals surface area contributed by atoms with Crippen LogP contribution in [0, 0.1) is 0 Å². The van der Waals surface area contributed by atoms with Crippen molar-refractivity contribution in [3.8, 4) is 11.3 Å². The average Bonchev–Trinajstić information content (AvgIpc) is 3.74. The van der Waals surface area contributed by atoms with Crippen molar-refractivity contribution in [3.63, 3.8) is 0 Å². The Morgan fingerprint density at radius 1 is 0.707 bits per heavy atom. The highest BCUT2D eigenvalue weighted by molar-refractivity contribution is 6.23. The number of nitrogens with zero attached hydrogens (tertiary/aromatic N) is 8. The van der Waals surface area contributed by atoms with E-state index >= 15 is 0 Å². The third kappa shape index (κ3) is 6.49. The summed E-state index contributed by atoms with van der Waals surface area (Å²) in [7, 11) is 0. The van der Waals surface area contributed by atoms with E-state index < -0.39 is 23.8 Å². The van der Waals surface area contributed by atoms with Crippen LogP contribution in [0.3, 0.4) is 0 Å². The van der Waals surface area contributed by atoms with E-state index in [1.165, 1.54) is 11.1 Å². The van der Waals surface area contributed by atoms with Gasteiger partial charge in [-0.15, -0.1) is 0 Å². The minimum Gasteiger partial charge on any atom is -0.383 e. The van der Waals surface area contributed by atoms with Gasteiger partial charge < -0.3 is 15.5 Å². The fraction of sp³-hybridized carbons (Fsp3) is 0.386. The number of likely N-dealkylation sites (tertiary alicyclic amines) is 2. The lowest BCUT2D eigenvalue weighted by molar-refractivity contribution is -0.136. The lowest BCUT2D eigenvalue weighted by atomic mass is 9.95. The van der Waals surface area contributed by atoms with E-state index in [-0.39, 0.29) is 24.8 Å². The highest BCUT2D eigenvalue weighted by Crippen LogP contribution is 2.37. The van der Waals surface area contributed by atoms with E-state index in [4.69, 9.17) is 10.8 Å². The number of nitrogens with two attached hydrogens (primary N) is 1. The van der Waals surface area contributed by atoms with Gasteiger partial charge in [-0.1, -0.05) is 54.6 Å². The van der Waals surface area contributed by atoms with E-state index in [1.807, 2.05) is 12.1 Å². The van der Waals surface area contributed by atoms with Crippen molar-refractivity contribution < 1.29 is 19.2 Å². The lowest BCUT2D eigenvalue weighted by Crippen LogP contribution is -2.62. The molecule has 10 rings (SSSR count). The van der Waals surface area contributed by atoms with Crippen molar-refractivity contribution in [3.05, 3.63) is 101 Å². The number of amides is 4. The van der Waals surface area contributed by atoms with Crippen LogP contribution in [0.15, 0.2) is 79.1 Å². The summed E-state index contributed by atoms with van der Waals surface area (Å²) >= 11 is 0. The van der Waals surface area contributed by atoms with Crippen LogP contribution in [0.25, 0.3) is 22.3 Å². The number of imide groups is 2. The first-order valence-corrected chi connectivity index (χ1v) is 20.5. The molecule has 14 heteroatoms. The molecule has 58 heavy (non-hydrogen) atoms. The third-order valence-corrected chi connectivity index (χ3v) is 13.0. The van der Waals surface area contributed by atoms with Crippen molar-refractivity contribution in [2.75, 3.05) is 49.9 Å². The van der Waals surface area contributed by atoms with Gasteiger partial charge in [-0.2, -0.15) is 5.10 Å². The summed E-state index contributed by atoms with van der Waals surface area (Å²) in [6.07, 6.45) is 6.91. The minimum atomic E-state index is -0.962. The number of carbonyl (C=O) groups excluding carboxylic acids is 4. The third-order valence-electron chi connectivity index (χ3n) is 13.0. The number of rotatable bonds is 8. The summed E-state index contributed by atoms with van der Waals surface area (Å²) in [5, 5.41) is 8.24. The summed E-state index contributed by atoms with van der Waals surface area (Å²) in [4.78, 5) is 68.1. The molecule has 2 aromatic heterocycles. The molecule has 7 heterocycles. The number of aromatic nitrogens is 4. The van der Waals surface area contributed by atoms with Gasteiger partial charge in [0.1, 0.15) is 23.9 Å². The van der Waals surface area contributed by atoms with Gasteiger partial charge in [0.2, 0.25) is 11.8 Å². The number of fused-ring (bicyclic) bond motifs is 2. The van der Waals surface area contributed by atoms with Crippen molar-refractivity contribution in [2.45, 2.75) is 69.1 Å². The number of nitrogen functional groups attached to an aromatic ring is 1. The van der Waals surface area contributed by atoms with Crippen molar-refractivity contribution in [1.29, 1.82) is 0 Å². The number of carbonyl (C=O) groups is 4. The van der Waals surface area contributed by atoms with Gasteiger partial charge in [0.25, 0.3) is 11.8 Å². The van der Waals surface area contributed by atoms with E-state index in [0.717, 1.165) is 104 Å². The molecule has 0 bridgehead atoms. The monoisotopic (exact) mass is 778 g/mol. The summed E-state index contributed by atoms with van der Waals surface area (Å²) in [5.41, 5.74) is 13.2. The Hall–Kier alpha value is -5.99. The first-order chi connectivity index (χ1) is 28.3. The second kappa shape index (κ2) is 14.7. The molecule has 0 radical (unpaired) electrons. The largest absolute Gasteiger partial charge is 0.383 e. The molecule has 0 saturated carbocycles. The first kappa shape index (κ1) is 36.4. The molecule has 4 fully saturated rings. The second-order valence-corrected chi connectivity index (χ2v) is 16.4. The quantitative estimate of drug-likeness (QED) is 0.219. The van der Waals surface area contributed by atoms with Gasteiger partial charge in [-0.3, -0.25) is 34.3 Å². The van der Waals surface area contributed by atoms with Gasteiger partial charge >= 0.3 is 0 Å². The molecule has 3 aromatic carbocycles. The Morgan fingerprint density at radius 3 is 2.10 bits per heavy atom. The van der Waals surface area contributed by atoms with Crippen molar-refractivity contribution in [1.82, 2.24) is 39.8 Å². The molecule has 4 amide bonds. The Balaban J connectivity index is 0.731. The zero-order valence-corrected chi connectivity index (χ0v) is 32.3. The molecule has 5 aliphatic heterocycles. The predicted molar refractivity (Wildman–Crippen MR) is 218 cm³/mol. The zero-order chi connectivity index (χ0) is 39.5. The highest BCUT2D eigenvalue weighted by atomic mass is 16.2. The number of piperidine rings is 3. The predicted octanol–water partition coefficient (Wildman–Crippen LogP) is 4.06. The Morgan fingerprint density at radius 2 is 1.38 bits per heavy atom. The molecule has 5 aromatic rings. The molecule has 1 atom stereocenters. The van der Waals surface area contributed by atoms with Crippen LogP contribution < -0.4 is 16.0 Å². The van der Waals surface area contributed by atoms with Crippen molar-refractivity contribution >= 4 is 46.2 Å². The SMILES string of the molecule is Nc1ncnc2c1c(-c1ccc(Cc3ccccc3)cc1)nn2C1CCN(C2CCN(C3CN(c4ccc5c(c4)C(=O)N(C4CCC(=O)NC4=O)C5=O)C3)CC2)CC1. The smallest absolute Gasteiger partial charge is 0.262 e. The fourth-order valence-electron chi connectivity index (χ4n) is 9.73. The van der Waals surface area contributed by atoms with Gasteiger partial charge in [0, 0.05) is 69.0 Å². The standard InChI is InChI=1S/C44H46N10O4/c45-40-38-39(29-8-6-28(7-9-29)22-27-4-2-1-3-5-27)49-54(41(38)47-26-46-40)31-16-20-50(21-17-31)30-14-18-51(19-15-30)33-24-52(25-33)32-10-11-34-35(23-32)44(58)53(43(34)57)36-12-13-37(55)48-42(36)56/h1-11,23,26,30-31,33,36H,12-22,24-25H2,(H2,45,46,47)(H,48,55,56). The van der Waals surface area contributed by atoms with Crippen LogP contribution in [0.1, 0.15) is 76.4 Å². The second-order valence-electron chi connectivity index (χ2n) is 16.4. The number of hydrogen-bond acceptors (Lipinski definition) is 11. The molecule has 4 saturated heterocycles. The Labute approximate surface area is 336 Å². The molecule has 296 valence electrons. The fourth-order valence-corrected chi connectivity index (χ4v) is 9.73. The van der Waals surface area contributed by atoms with E-state index in [1.54, 1.807) is 18.5 Å². The minimum absolute atomic E-state index is 0.101. The number of nitrogens with one attached hydrogen (secondary N) is 1. The van der Waals surface area contributed by atoms with Crippen molar-refractivity contribution in [2.24, 2.45) is 0 Å². The van der Waals surface area contributed by atoms with E-state index in [0.29, 0.717) is 29.0 Å². The molecular weight excluding hydrogens is 733 g/mol. The first-order valence-electron chi connectivity index (χ1n) is 20.5. The summed E-state index contributed by atoms with van der Waals surface area (Å²) in [5.74, 6) is -1.47. The number of anilines is 2. The maximum atomic E-state index is 13.3.